The molecule has 4 heteroatoms. The van der Waals surface area contributed by atoms with Crippen LogP contribution in [0.4, 0.5) is 0 Å². The zero-order valence-electron chi connectivity index (χ0n) is 8.96. The number of hydrogen-bond donors (Lipinski definition) is 2. The Kier molecular flexibility index (Phi) is 4.90. The van der Waals surface area contributed by atoms with Gasteiger partial charge >= 0.3 is 0 Å². The second-order valence-electron chi connectivity index (χ2n) is 3.85. The maximum atomic E-state index is 11.4. The summed E-state index contributed by atoms with van der Waals surface area (Å²) in [7, 11) is 0. The average molecular weight is 199 g/mol. The molecule has 0 heterocycles. The van der Waals surface area contributed by atoms with Gasteiger partial charge in [-0.1, -0.05) is 6.92 Å². The Morgan fingerprint density at radius 3 is 2.79 bits per heavy atom. The molecule has 0 spiro atoms. The van der Waals surface area contributed by atoms with Gasteiger partial charge in [0.1, 0.15) is 0 Å². The molecule has 3 N–H and O–H groups in total. The van der Waals surface area contributed by atoms with E-state index in [9.17, 15) is 4.79 Å². The lowest BCUT2D eigenvalue weighted by Crippen LogP contribution is -2.38. The van der Waals surface area contributed by atoms with E-state index >= 15 is 0 Å². The molecule has 1 saturated carbocycles. The van der Waals surface area contributed by atoms with E-state index in [1.165, 1.54) is 0 Å². The second kappa shape index (κ2) is 5.98. The normalized spacial score (nSPS) is 15.9. The van der Waals surface area contributed by atoms with Crippen molar-refractivity contribution < 1.29 is 4.79 Å². The summed E-state index contributed by atoms with van der Waals surface area (Å²) < 4.78 is 0. The zero-order valence-corrected chi connectivity index (χ0v) is 8.96. The van der Waals surface area contributed by atoms with Gasteiger partial charge in [-0.15, -0.1) is 0 Å². The Bertz CT molecular complexity index is 180. The lowest BCUT2D eigenvalue weighted by atomic mass is 10.3. The fraction of sp³-hybridized carbons (Fsp3) is 0.900. The first kappa shape index (κ1) is 11.5. The van der Waals surface area contributed by atoms with E-state index in [0.29, 0.717) is 19.1 Å². The van der Waals surface area contributed by atoms with Crippen LogP contribution in [0.2, 0.25) is 0 Å². The van der Waals surface area contributed by atoms with Crippen LogP contribution in [0.15, 0.2) is 0 Å². The lowest BCUT2D eigenvalue weighted by Gasteiger charge is -2.19. The number of carbonyl (C=O) groups excluding carboxylic acids is 1. The lowest BCUT2D eigenvalue weighted by molar-refractivity contribution is -0.122. The molecule has 1 aliphatic carbocycles. The Morgan fingerprint density at radius 2 is 2.29 bits per heavy atom. The topological polar surface area (TPSA) is 58.4 Å². The van der Waals surface area contributed by atoms with E-state index in [0.717, 1.165) is 32.4 Å². The molecule has 0 aromatic rings. The van der Waals surface area contributed by atoms with E-state index in [2.05, 4.69) is 17.1 Å². The minimum Gasteiger partial charge on any atom is -0.352 e. The van der Waals surface area contributed by atoms with Gasteiger partial charge in [-0.05, 0) is 38.9 Å². The molecule has 0 saturated heterocycles. The van der Waals surface area contributed by atoms with Crippen LogP contribution in [0.25, 0.3) is 0 Å². The molecule has 4 nitrogen and oxygen atoms in total. The number of nitrogens with two attached hydrogens (primary N) is 1. The molecule has 0 atom stereocenters. The van der Waals surface area contributed by atoms with Crippen LogP contribution in [-0.4, -0.2) is 43.0 Å². The number of nitrogens with one attached hydrogen (secondary N) is 1. The maximum absolute atomic E-state index is 11.4. The molecule has 1 amide bonds. The Hall–Kier alpha value is -0.610. The maximum Gasteiger partial charge on any atom is 0.234 e. The van der Waals surface area contributed by atoms with Gasteiger partial charge in [0.25, 0.3) is 0 Å². The quantitative estimate of drug-likeness (QED) is 0.604. The van der Waals surface area contributed by atoms with Crippen molar-refractivity contribution in [1.29, 1.82) is 0 Å². The molecule has 14 heavy (non-hydrogen) atoms. The van der Waals surface area contributed by atoms with Gasteiger partial charge in [0.2, 0.25) is 5.91 Å². The van der Waals surface area contributed by atoms with Crippen LogP contribution in [-0.2, 0) is 4.79 Å². The van der Waals surface area contributed by atoms with E-state index in [1.807, 2.05) is 0 Å². The van der Waals surface area contributed by atoms with E-state index in [4.69, 9.17) is 5.73 Å². The molecular formula is C10H21N3O. The average Bonchev–Trinajstić information content (AvgIpc) is 2.95. The first-order valence-electron chi connectivity index (χ1n) is 5.48. The van der Waals surface area contributed by atoms with Crippen molar-refractivity contribution in [2.75, 3.05) is 26.2 Å². The van der Waals surface area contributed by atoms with Crippen LogP contribution in [0.1, 0.15) is 26.2 Å². The first-order chi connectivity index (χ1) is 6.76. The summed E-state index contributed by atoms with van der Waals surface area (Å²) >= 11 is 0. The van der Waals surface area contributed by atoms with Gasteiger partial charge < -0.3 is 11.1 Å². The Balaban J connectivity index is 2.13. The molecule has 82 valence electrons. The molecule has 0 radical (unpaired) electrons. The SMILES string of the molecule is CCN(CCCN)CC(=O)NC1CC1. The van der Waals surface area contributed by atoms with E-state index in [1.54, 1.807) is 0 Å². The number of likely N-dealkylation sites (N-methyl/N-ethyl adjacent to an activating group) is 1. The van der Waals surface area contributed by atoms with Gasteiger partial charge in [-0.25, -0.2) is 0 Å². The summed E-state index contributed by atoms with van der Waals surface area (Å²) in [5.41, 5.74) is 5.43. The fourth-order valence-electron chi connectivity index (χ4n) is 1.37. The van der Waals surface area contributed by atoms with Gasteiger partial charge in [0.05, 0.1) is 6.54 Å². The summed E-state index contributed by atoms with van der Waals surface area (Å²) in [6.45, 7) is 5.12. The van der Waals surface area contributed by atoms with Crippen LogP contribution >= 0.6 is 0 Å². The summed E-state index contributed by atoms with van der Waals surface area (Å²) in [5, 5.41) is 2.98. The Morgan fingerprint density at radius 1 is 1.57 bits per heavy atom. The highest BCUT2D eigenvalue weighted by atomic mass is 16.2. The largest absolute Gasteiger partial charge is 0.352 e. The van der Waals surface area contributed by atoms with Crippen LogP contribution in [0.3, 0.4) is 0 Å². The number of carbonyl (C=O) groups is 1. The van der Waals surface area contributed by atoms with Gasteiger partial charge in [0, 0.05) is 6.04 Å². The third-order valence-corrected chi connectivity index (χ3v) is 2.44. The minimum atomic E-state index is 0.159. The third-order valence-electron chi connectivity index (χ3n) is 2.44. The predicted molar refractivity (Wildman–Crippen MR) is 57.0 cm³/mol. The van der Waals surface area contributed by atoms with Crippen molar-refractivity contribution in [2.45, 2.75) is 32.2 Å². The molecule has 0 aliphatic heterocycles. The van der Waals surface area contributed by atoms with Gasteiger partial charge in [0.15, 0.2) is 0 Å². The van der Waals surface area contributed by atoms with Crippen molar-refractivity contribution in [2.24, 2.45) is 5.73 Å². The van der Waals surface area contributed by atoms with E-state index in [-0.39, 0.29) is 5.91 Å². The predicted octanol–water partition coefficient (Wildman–Crippen LogP) is -0.0643. The summed E-state index contributed by atoms with van der Waals surface area (Å²) in [4.78, 5) is 13.6. The summed E-state index contributed by atoms with van der Waals surface area (Å²) in [6.07, 6.45) is 3.27. The van der Waals surface area contributed by atoms with E-state index < -0.39 is 0 Å². The monoisotopic (exact) mass is 199 g/mol. The molecular weight excluding hydrogens is 178 g/mol. The number of amides is 1. The van der Waals surface area contributed by atoms with Crippen LogP contribution in [0.5, 0.6) is 0 Å². The number of nitrogens with zero attached hydrogens (tertiary/aromatic N) is 1. The summed E-state index contributed by atoms with van der Waals surface area (Å²) in [5.74, 6) is 0.159. The molecule has 0 bridgehead atoms. The highest BCUT2D eigenvalue weighted by molar-refractivity contribution is 5.78. The third kappa shape index (κ3) is 4.58. The van der Waals surface area contributed by atoms with Gasteiger partial charge in [-0.3, -0.25) is 9.69 Å². The van der Waals surface area contributed by atoms with Gasteiger partial charge in [-0.2, -0.15) is 0 Å². The van der Waals surface area contributed by atoms with Crippen LogP contribution in [0, 0.1) is 0 Å². The second-order valence-corrected chi connectivity index (χ2v) is 3.85. The number of hydrogen-bond acceptors (Lipinski definition) is 3. The fourth-order valence-corrected chi connectivity index (χ4v) is 1.37. The molecule has 0 aromatic carbocycles. The molecule has 1 fully saturated rings. The molecule has 0 unspecified atom stereocenters. The standard InChI is InChI=1S/C10H21N3O/c1-2-13(7-3-6-11)8-10(14)12-9-4-5-9/h9H,2-8,11H2,1H3,(H,12,14). The van der Waals surface area contributed by atoms with Crippen molar-refractivity contribution in [3.8, 4) is 0 Å². The highest BCUT2D eigenvalue weighted by Gasteiger charge is 2.23. The van der Waals surface area contributed by atoms with Crippen molar-refractivity contribution >= 4 is 5.91 Å². The summed E-state index contributed by atoms with van der Waals surface area (Å²) in [6, 6.07) is 0.468. The highest BCUT2D eigenvalue weighted by Crippen LogP contribution is 2.18. The molecule has 1 rings (SSSR count). The van der Waals surface area contributed by atoms with Crippen LogP contribution < -0.4 is 11.1 Å². The van der Waals surface area contributed by atoms with Crippen molar-refractivity contribution in [1.82, 2.24) is 10.2 Å². The first-order valence-corrected chi connectivity index (χ1v) is 5.48. The smallest absolute Gasteiger partial charge is 0.234 e. The zero-order chi connectivity index (χ0) is 10.4. The molecule has 0 aromatic heterocycles. The van der Waals surface area contributed by atoms with Crippen molar-refractivity contribution in [3.05, 3.63) is 0 Å². The number of rotatable bonds is 7. The Labute approximate surface area is 85.8 Å². The molecule has 1 aliphatic rings. The minimum absolute atomic E-state index is 0.159. The van der Waals surface area contributed by atoms with Crippen molar-refractivity contribution in [3.63, 3.8) is 0 Å².